The maximum atomic E-state index is 11.7. The van der Waals surface area contributed by atoms with Crippen LogP contribution in [-0.4, -0.2) is 52.1 Å². The quantitative estimate of drug-likeness (QED) is 0.741. The van der Waals surface area contributed by atoms with Gasteiger partial charge in [0.25, 0.3) is 0 Å². The predicted octanol–water partition coefficient (Wildman–Crippen LogP) is 2.61. The zero-order valence-electron chi connectivity index (χ0n) is 16.2. The van der Waals surface area contributed by atoms with Gasteiger partial charge in [-0.25, -0.2) is 0 Å². The van der Waals surface area contributed by atoms with Crippen molar-refractivity contribution in [1.82, 2.24) is 0 Å². The smallest absolute Gasteiger partial charge is 0.303 e. The fourth-order valence-corrected chi connectivity index (χ4v) is 5.00. The molecule has 2 aromatic carbocycles. The molecule has 2 aliphatic rings. The third-order valence-electron chi connectivity index (χ3n) is 5.38. The average Bonchev–Trinajstić information content (AvgIpc) is 3.05. The molecule has 4 rings (SSSR count). The summed E-state index contributed by atoms with van der Waals surface area (Å²) < 4.78 is 17.4. The third kappa shape index (κ3) is 3.81. The highest BCUT2D eigenvalue weighted by Gasteiger charge is 2.64. The average molecular weight is 416 g/mol. The van der Waals surface area contributed by atoms with Crippen molar-refractivity contribution in [3.63, 3.8) is 0 Å². The summed E-state index contributed by atoms with van der Waals surface area (Å²) in [7, 11) is 0. The summed E-state index contributed by atoms with van der Waals surface area (Å²) >= 11 is 1.35. The van der Waals surface area contributed by atoms with Crippen LogP contribution in [-0.2, 0) is 19.0 Å². The first-order valence-corrected chi connectivity index (χ1v) is 10.4. The fraction of sp³-hybridized carbons (Fsp3) is 0.409. The van der Waals surface area contributed by atoms with Crippen molar-refractivity contribution >= 4 is 17.7 Å². The fourth-order valence-electron chi connectivity index (χ4n) is 3.91. The second-order valence-electron chi connectivity index (χ2n) is 7.45. The Bertz CT molecular complexity index is 857. The van der Waals surface area contributed by atoms with Crippen LogP contribution in [0.2, 0.25) is 0 Å². The van der Waals surface area contributed by atoms with Gasteiger partial charge in [-0.05, 0) is 24.6 Å². The number of benzene rings is 2. The van der Waals surface area contributed by atoms with E-state index in [1.807, 2.05) is 61.5 Å². The number of carbonyl (C=O) groups is 1. The first-order chi connectivity index (χ1) is 13.9. The Morgan fingerprint density at radius 2 is 1.86 bits per heavy atom. The van der Waals surface area contributed by atoms with Gasteiger partial charge in [0.05, 0.1) is 6.61 Å². The summed E-state index contributed by atoms with van der Waals surface area (Å²) in [5.41, 5.74) is -0.558. The third-order valence-corrected chi connectivity index (χ3v) is 6.54. The van der Waals surface area contributed by atoms with Gasteiger partial charge in [-0.3, -0.25) is 4.79 Å². The van der Waals surface area contributed by atoms with Crippen molar-refractivity contribution in [2.75, 3.05) is 6.61 Å². The number of ether oxygens (including phenoxy) is 3. The van der Waals surface area contributed by atoms with Crippen LogP contribution < -0.4 is 0 Å². The van der Waals surface area contributed by atoms with E-state index in [-0.39, 0.29) is 6.61 Å². The molecule has 0 spiro atoms. The molecule has 0 aromatic heterocycles. The van der Waals surface area contributed by atoms with Crippen molar-refractivity contribution in [2.24, 2.45) is 0 Å². The van der Waals surface area contributed by atoms with E-state index in [9.17, 15) is 15.0 Å². The Labute approximate surface area is 173 Å². The summed E-state index contributed by atoms with van der Waals surface area (Å²) in [6, 6.07) is 17.0. The van der Waals surface area contributed by atoms with Crippen LogP contribution >= 0.6 is 11.8 Å². The molecule has 2 heterocycles. The Morgan fingerprint density at radius 1 is 1.17 bits per heavy atom. The standard InChI is InChI=1S/C22H24O6S/c1-13-8-10-16(11-9-13)29-21-18(27-14(2)23)19(24)22(25)17(28-21)12-26-20(22)15-6-4-3-5-7-15/h3-11,17-21,24-25H,12H2,1-2H3/t17-,18-,19-,20?,21+,22+/m1/s1. The van der Waals surface area contributed by atoms with Gasteiger partial charge >= 0.3 is 5.97 Å². The Morgan fingerprint density at radius 3 is 2.52 bits per heavy atom. The number of carbonyl (C=O) groups excluding carboxylic acids is 1. The molecule has 2 fully saturated rings. The minimum Gasteiger partial charge on any atom is -0.456 e. The lowest BCUT2D eigenvalue weighted by Crippen LogP contribution is -2.66. The van der Waals surface area contributed by atoms with E-state index < -0.39 is 41.4 Å². The van der Waals surface area contributed by atoms with Crippen LogP contribution in [0.3, 0.4) is 0 Å². The first-order valence-electron chi connectivity index (χ1n) is 9.52. The highest BCUT2D eigenvalue weighted by molar-refractivity contribution is 7.99. The number of esters is 1. The zero-order valence-corrected chi connectivity index (χ0v) is 17.0. The molecule has 2 aromatic rings. The normalized spacial score (nSPS) is 33.9. The van der Waals surface area contributed by atoms with Gasteiger partial charge in [-0.15, -0.1) is 0 Å². The SMILES string of the molecule is CC(=O)O[C@@H]1[C@@H](O)[C@]2(O)C(c3ccccc3)OC[C@H]2O[C@H]1Sc1ccc(C)cc1. The zero-order chi connectivity index (χ0) is 20.6. The van der Waals surface area contributed by atoms with Gasteiger partial charge in [0.2, 0.25) is 0 Å². The molecule has 1 unspecified atom stereocenters. The summed E-state index contributed by atoms with van der Waals surface area (Å²) in [6.07, 6.45) is -3.96. The van der Waals surface area contributed by atoms with E-state index in [1.165, 1.54) is 18.7 Å². The maximum absolute atomic E-state index is 11.7. The highest BCUT2D eigenvalue weighted by Crippen LogP contribution is 2.49. The molecule has 6 nitrogen and oxygen atoms in total. The second-order valence-corrected chi connectivity index (χ2v) is 8.63. The van der Waals surface area contributed by atoms with Crippen LogP contribution in [0.15, 0.2) is 59.5 Å². The van der Waals surface area contributed by atoms with Gasteiger partial charge < -0.3 is 24.4 Å². The molecule has 6 atom stereocenters. The lowest BCUT2D eigenvalue weighted by Gasteiger charge is -2.47. The molecule has 2 saturated heterocycles. The minimum absolute atomic E-state index is 0.130. The van der Waals surface area contributed by atoms with E-state index >= 15 is 0 Å². The summed E-state index contributed by atoms with van der Waals surface area (Å²) in [5.74, 6) is -0.551. The summed E-state index contributed by atoms with van der Waals surface area (Å²) in [6.45, 7) is 3.40. The molecule has 0 bridgehead atoms. The summed E-state index contributed by atoms with van der Waals surface area (Å²) in [4.78, 5) is 12.6. The van der Waals surface area contributed by atoms with Crippen molar-refractivity contribution in [1.29, 1.82) is 0 Å². The molecule has 154 valence electrons. The van der Waals surface area contributed by atoms with Crippen LogP contribution in [0, 0.1) is 6.92 Å². The molecule has 2 N–H and O–H groups in total. The van der Waals surface area contributed by atoms with E-state index in [0.717, 1.165) is 16.0 Å². The van der Waals surface area contributed by atoms with Crippen LogP contribution in [0.1, 0.15) is 24.2 Å². The molecular formula is C22H24O6S. The van der Waals surface area contributed by atoms with Crippen molar-refractivity contribution in [3.8, 4) is 0 Å². The predicted molar refractivity (Wildman–Crippen MR) is 107 cm³/mol. The monoisotopic (exact) mass is 416 g/mol. The number of fused-ring (bicyclic) bond motifs is 1. The van der Waals surface area contributed by atoms with Crippen molar-refractivity contribution in [3.05, 3.63) is 65.7 Å². The number of aliphatic hydroxyl groups is 2. The number of hydrogen-bond donors (Lipinski definition) is 2. The van der Waals surface area contributed by atoms with Crippen molar-refractivity contribution in [2.45, 2.75) is 54.2 Å². The molecular weight excluding hydrogens is 392 g/mol. The van der Waals surface area contributed by atoms with Gasteiger partial charge in [0.15, 0.2) is 11.7 Å². The minimum atomic E-state index is -1.73. The van der Waals surface area contributed by atoms with Gasteiger partial charge in [0, 0.05) is 11.8 Å². The van der Waals surface area contributed by atoms with E-state index in [2.05, 4.69) is 0 Å². The molecule has 0 amide bonds. The van der Waals surface area contributed by atoms with Gasteiger partial charge in [0.1, 0.15) is 23.7 Å². The Balaban J connectivity index is 1.64. The number of aryl methyl sites for hydroxylation is 1. The number of aliphatic hydroxyl groups excluding tert-OH is 1. The molecule has 0 radical (unpaired) electrons. The number of rotatable bonds is 4. The molecule has 29 heavy (non-hydrogen) atoms. The molecule has 2 aliphatic heterocycles. The molecule has 0 saturated carbocycles. The van der Waals surface area contributed by atoms with Crippen LogP contribution in [0.4, 0.5) is 0 Å². The lowest BCUT2D eigenvalue weighted by molar-refractivity contribution is -0.251. The lowest BCUT2D eigenvalue weighted by atomic mass is 9.79. The number of hydrogen-bond acceptors (Lipinski definition) is 7. The maximum Gasteiger partial charge on any atom is 0.303 e. The molecule has 7 heteroatoms. The highest BCUT2D eigenvalue weighted by atomic mass is 32.2. The molecule has 0 aliphatic carbocycles. The topological polar surface area (TPSA) is 85.2 Å². The largest absolute Gasteiger partial charge is 0.456 e. The van der Waals surface area contributed by atoms with Crippen LogP contribution in [0.25, 0.3) is 0 Å². The number of thioether (sulfide) groups is 1. The summed E-state index contributed by atoms with van der Waals surface area (Å²) in [5, 5.41) is 22.7. The van der Waals surface area contributed by atoms with E-state index in [0.29, 0.717) is 0 Å². The van der Waals surface area contributed by atoms with Crippen LogP contribution in [0.5, 0.6) is 0 Å². The Kier molecular flexibility index (Phi) is 5.68. The van der Waals surface area contributed by atoms with E-state index in [4.69, 9.17) is 14.2 Å². The Hall–Kier alpha value is -1.90. The first kappa shape index (κ1) is 20.4. The second kappa shape index (κ2) is 8.08. The van der Waals surface area contributed by atoms with Crippen molar-refractivity contribution < 1.29 is 29.2 Å². The van der Waals surface area contributed by atoms with Gasteiger partial charge in [-0.1, -0.05) is 59.8 Å². The van der Waals surface area contributed by atoms with Gasteiger partial charge in [-0.2, -0.15) is 0 Å². The van der Waals surface area contributed by atoms with E-state index in [1.54, 1.807) is 0 Å².